The van der Waals surface area contributed by atoms with Gasteiger partial charge in [0.15, 0.2) is 0 Å². The number of hydrogen-bond donors (Lipinski definition) is 0. The first kappa shape index (κ1) is 9.54. The average Bonchev–Trinajstić information content (AvgIpc) is 1.82. The first-order valence-corrected chi connectivity index (χ1v) is 5.58. The van der Waals surface area contributed by atoms with Gasteiger partial charge in [-0.2, -0.15) is 8.42 Å². The lowest BCUT2D eigenvalue weighted by atomic mass is 10.2. The summed E-state index contributed by atoms with van der Waals surface area (Å²) in [4.78, 5) is 0. The molecule has 0 aromatic heterocycles. The molecule has 12 heavy (non-hydrogen) atoms. The van der Waals surface area contributed by atoms with Gasteiger partial charge in [-0.15, -0.1) is 4.40 Å². The standard InChI is InChI=1S/C6H8ClNO3S/c1-5-2-3-11-6(4-5)8-12(7,9)10/h4H,2-3H2,1H3/b8-6+. The summed E-state index contributed by atoms with van der Waals surface area (Å²) in [7, 11) is 1.03. The van der Waals surface area contributed by atoms with E-state index in [0.717, 1.165) is 12.0 Å². The monoisotopic (exact) mass is 209 g/mol. The van der Waals surface area contributed by atoms with Crippen molar-refractivity contribution in [1.82, 2.24) is 0 Å². The van der Waals surface area contributed by atoms with Crippen molar-refractivity contribution in [3.63, 3.8) is 0 Å². The van der Waals surface area contributed by atoms with Gasteiger partial charge in [0, 0.05) is 23.2 Å². The van der Waals surface area contributed by atoms with E-state index in [1.807, 2.05) is 6.92 Å². The van der Waals surface area contributed by atoms with Gasteiger partial charge in [-0.1, -0.05) is 5.57 Å². The summed E-state index contributed by atoms with van der Waals surface area (Å²) < 4.78 is 29.1. The van der Waals surface area contributed by atoms with Crippen LogP contribution in [0.25, 0.3) is 0 Å². The Labute approximate surface area is 75.4 Å². The molecule has 0 radical (unpaired) electrons. The number of hydrogen-bond acceptors (Lipinski definition) is 3. The van der Waals surface area contributed by atoms with Gasteiger partial charge >= 0.3 is 9.24 Å². The molecule has 6 heteroatoms. The third-order valence-corrected chi connectivity index (χ3v) is 1.92. The lowest BCUT2D eigenvalue weighted by Crippen LogP contribution is -2.11. The highest BCUT2D eigenvalue weighted by atomic mass is 35.7. The highest BCUT2D eigenvalue weighted by molar-refractivity contribution is 8.12. The van der Waals surface area contributed by atoms with Crippen LogP contribution in [0.1, 0.15) is 13.3 Å². The molecule has 1 aliphatic heterocycles. The van der Waals surface area contributed by atoms with Crippen LogP contribution in [-0.4, -0.2) is 20.9 Å². The zero-order valence-corrected chi connectivity index (χ0v) is 8.02. The molecule has 4 nitrogen and oxygen atoms in total. The lowest BCUT2D eigenvalue weighted by molar-refractivity contribution is 0.304. The van der Waals surface area contributed by atoms with E-state index in [2.05, 4.69) is 4.40 Å². The van der Waals surface area contributed by atoms with Crippen LogP contribution < -0.4 is 0 Å². The second kappa shape index (κ2) is 3.45. The van der Waals surface area contributed by atoms with E-state index >= 15 is 0 Å². The van der Waals surface area contributed by atoms with Crippen molar-refractivity contribution in [2.24, 2.45) is 4.40 Å². The fourth-order valence-corrected chi connectivity index (χ4v) is 1.33. The predicted molar refractivity (Wildman–Crippen MR) is 46.5 cm³/mol. The van der Waals surface area contributed by atoms with Crippen LogP contribution in [0.5, 0.6) is 0 Å². The number of rotatable bonds is 1. The minimum Gasteiger partial charge on any atom is -0.477 e. The Morgan fingerprint density at radius 2 is 2.33 bits per heavy atom. The molecule has 0 unspecified atom stereocenters. The second-order valence-corrected chi connectivity index (χ2v) is 4.61. The topological polar surface area (TPSA) is 55.7 Å². The van der Waals surface area contributed by atoms with E-state index in [1.165, 1.54) is 0 Å². The molecular formula is C6H8ClNO3S. The molecule has 0 atom stereocenters. The maximum absolute atomic E-state index is 10.5. The molecule has 0 saturated carbocycles. The summed E-state index contributed by atoms with van der Waals surface area (Å²) in [6, 6.07) is 0. The van der Waals surface area contributed by atoms with Gasteiger partial charge in [-0.05, 0) is 6.92 Å². The predicted octanol–water partition coefficient (Wildman–Crippen LogP) is 1.24. The van der Waals surface area contributed by atoms with Crippen LogP contribution in [-0.2, 0) is 14.0 Å². The van der Waals surface area contributed by atoms with Crippen molar-refractivity contribution in [3.05, 3.63) is 11.6 Å². The molecule has 1 heterocycles. The summed E-state index contributed by atoms with van der Waals surface area (Å²) >= 11 is 0. The summed E-state index contributed by atoms with van der Waals surface area (Å²) in [5, 5.41) is 0. The molecule has 0 N–H and O–H groups in total. The van der Waals surface area contributed by atoms with Gasteiger partial charge in [0.05, 0.1) is 6.61 Å². The number of ether oxygens (including phenoxy) is 1. The van der Waals surface area contributed by atoms with Crippen LogP contribution >= 0.6 is 10.7 Å². The highest BCUT2D eigenvalue weighted by Crippen LogP contribution is 2.10. The second-order valence-electron chi connectivity index (χ2n) is 2.43. The maximum atomic E-state index is 10.5. The molecular weight excluding hydrogens is 202 g/mol. The molecule has 68 valence electrons. The summed E-state index contributed by atoms with van der Waals surface area (Å²) in [5.41, 5.74) is 1.03. The van der Waals surface area contributed by atoms with Crippen molar-refractivity contribution in [2.75, 3.05) is 6.61 Å². The van der Waals surface area contributed by atoms with Crippen molar-refractivity contribution in [3.8, 4) is 0 Å². The van der Waals surface area contributed by atoms with Crippen molar-refractivity contribution < 1.29 is 13.2 Å². The largest absolute Gasteiger partial charge is 0.477 e. The number of nitrogens with zero attached hydrogens (tertiary/aromatic N) is 1. The quantitative estimate of drug-likeness (QED) is 0.611. The van der Waals surface area contributed by atoms with Gasteiger partial charge in [0.1, 0.15) is 0 Å². The zero-order valence-electron chi connectivity index (χ0n) is 6.45. The summed E-state index contributed by atoms with van der Waals surface area (Å²) in [6.45, 7) is 2.33. The Kier molecular flexibility index (Phi) is 2.74. The van der Waals surface area contributed by atoms with E-state index in [4.69, 9.17) is 15.4 Å². The third kappa shape index (κ3) is 3.23. The van der Waals surface area contributed by atoms with E-state index in [9.17, 15) is 8.42 Å². The van der Waals surface area contributed by atoms with E-state index < -0.39 is 9.24 Å². The van der Waals surface area contributed by atoms with Crippen LogP contribution in [0.4, 0.5) is 0 Å². The Balaban J connectivity index is 2.90. The van der Waals surface area contributed by atoms with E-state index in [1.54, 1.807) is 6.08 Å². The minimum atomic E-state index is -3.86. The Morgan fingerprint density at radius 3 is 2.83 bits per heavy atom. The molecule has 1 rings (SSSR count). The number of halogens is 1. The average molecular weight is 210 g/mol. The maximum Gasteiger partial charge on any atom is 0.343 e. The zero-order chi connectivity index (χ0) is 9.19. The van der Waals surface area contributed by atoms with Crippen molar-refractivity contribution >= 4 is 25.8 Å². The molecule has 0 bridgehead atoms. The summed E-state index contributed by atoms with van der Waals surface area (Å²) in [5.74, 6) is 0.0637. The first-order chi connectivity index (χ1) is 5.47. The van der Waals surface area contributed by atoms with Gasteiger partial charge < -0.3 is 4.74 Å². The Hall–Kier alpha value is -0.550. The molecule has 0 amide bonds. The van der Waals surface area contributed by atoms with Gasteiger partial charge in [-0.3, -0.25) is 0 Å². The normalized spacial score (nSPS) is 21.8. The van der Waals surface area contributed by atoms with Gasteiger partial charge in [0.2, 0.25) is 5.90 Å². The molecule has 0 fully saturated rings. The molecule has 0 aromatic carbocycles. The first-order valence-electron chi connectivity index (χ1n) is 3.32. The highest BCUT2D eigenvalue weighted by Gasteiger charge is 2.09. The molecule has 0 aliphatic carbocycles. The summed E-state index contributed by atoms with van der Waals surface area (Å²) in [6.07, 6.45) is 2.35. The van der Waals surface area contributed by atoms with Crippen LogP contribution in [0.15, 0.2) is 16.0 Å². The fraction of sp³-hybridized carbons (Fsp3) is 0.500. The third-order valence-electron chi connectivity index (χ3n) is 1.32. The SMILES string of the molecule is CC1=C/C(=N\S(=O)(=O)Cl)OCC1. The minimum absolute atomic E-state index is 0.0637. The smallest absolute Gasteiger partial charge is 0.343 e. The van der Waals surface area contributed by atoms with Crippen LogP contribution in [0.3, 0.4) is 0 Å². The molecule has 1 aliphatic rings. The van der Waals surface area contributed by atoms with E-state index in [0.29, 0.717) is 6.61 Å². The lowest BCUT2D eigenvalue weighted by Gasteiger charge is -2.11. The molecule has 0 aromatic rings. The van der Waals surface area contributed by atoms with Crippen molar-refractivity contribution in [2.45, 2.75) is 13.3 Å². The molecule has 0 spiro atoms. The Bertz CT molecular complexity index is 331. The molecule has 0 saturated heterocycles. The van der Waals surface area contributed by atoms with Crippen LogP contribution in [0.2, 0.25) is 0 Å². The fourth-order valence-electron chi connectivity index (χ4n) is 0.801. The van der Waals surface area contributed by atoms with E-state index in [-0.39, 0.29) is 5.90 Å². The van der Waals surface area contributed by atoms with Crippen molar-refractivity contribution in [1.29, 1.82) is 0 Å². The Morgan fingerprint density at radius 1 is 1.67 bits per heavy atom. The van der Waals surface area contributed by atoms with Gasteiger partial charge in [-0.25, -0.2) is 0 Å². The van der Waals surface area contributed by atoms with Gasteiger partial charge in [0.25, 0.3) is 0 Å². The van der Waals surface area contributed by atoms with Crippen LogP contribution in [0, 0.1) is 0 Å².